The number of primary amides is 1. The number of amides is 1. The van der Waals surface area contributed by atoms with Crippen molar-refractivity contribution in [2.24, 2.45) is 11.7 Å². The van der Waals surface area contributed by atoms with Crippen molar-refractivity contribution in [2.45, 2.75) is 29.6 Å². The average Bonchev–Trinajstić information content (AvgIpc) is 2.79. The third-order valence-electron chi connectivity index (χ3n) is 5.72. The molecule has 168 valence electrons. The van der Waals surface area contributed by atoms with Crippen molar-refractivity contribution < 1.29 is 17.9 Å². The molecular formula is C23H24ClN3O4S. The third kappa shape index (κ3) is 4.25. The number of nitrogens with two attached hydrogens (primary N) is 1. The smallest absolute Gasteiger partial charge is 0.220 e. The molecule has 0 atom stereocenters. The second kappa shape index (κ2) is 8.96. The molecule has 0 bridgehead atoms. The van der Waals surface area contributed by atoms with Gasteiger partial charge in [-0.15, -0.1) is 0 Å². The van der Waals surface area contributed by atoms with Crippen LogP contribution in [0, 0.1) is 5.92 Å². The fourth-order valence-corrected chi connectivity index (χ4v) is 5.61. The van der Waals surface area contributed by atoms with Crippen LogP contribution in [0.4, 0.5) is 5.69 Å². The minimum absolute atomic E-state index is 0.110. The normalized spacial score (nSPS) is 15.1. The highest BCUT2D eigenvalue weighted by Gasteiger charge is 2.30. The van der Waals surface area contributed by atoms with E-state index in [0.717, 1.165) is 0 Å². The van der Waals surface area contributed by atoms with Gasteiger partial charge in [0.1, 0.15) is 10.6 Å². The number of carbonyl (C=O) groups excluding carboxylic acids is 1. The lowest BCUT2D eigenvalue weighted by molar-refractivity contribution is -0.122. The van der Waals surface area contributed by atoms with Gasteiger partial charge < -0.3 is 15.4 Å². The molecule has 7 nitrogen and oxygen atoms in total. The predicted molar refractivity (Wildman–Crippen MR) is 124 cm³/mol. The van der Waals surface area contributed by atoms with Crippen molar-refractivity contribution in [1.29, 1.82) is 0 Å². The first-order chi connectivity index (χ1) is 15.3. The highest BCUT2D eigenvalue weighted by atomic mass is 35.5. The van der Waals surface area contributed by atoms with Gasteiger partial charge in [0.05, 0.1) is 22.7 Å². The number of aromatic nitrogens is 1. The zero-order chi connectivity index (χ0) is 22.9. The molecule has 0 radical (unpaired) electrons. The second-order valence-corrected chi connectivity index (χ2v) is 10.1. The monoisotopic (exact) mass is 473 g/mol. The highest BCUT2D eigenvalue weighted by molar-refractivity contribution is 7.91. The zero-order valence-electron chi connectivity index (χ0n) is 17.6. The number of hydrogen-bond donors (Lipinski definition) is 1. The summed E-state index contributed by atoms with van der Waals surface area (Å²) in [6, 6.07) is 11.5. The fraction of sp³-hybridized carbons (Fsp3) is 0.304. The first-order valence-electron chi connectivity index (χ1n) is 10.4. The van der Waals surface area contributed by atoms with Gasteiger partial charge >= 0.3 is 0 Å². The maximum absolute atomic E-state index is 13.6. The summed E-state index contributed by atoms with van der Waals surface area (Å²) < 4.78 is 32.9. The minimum Gasteiger partial charge on any atom is -0.494 e. The van der Waals surface area contributed by atoms with Crippen LogP contribution >= 0.6 is 11.6 Å². The van der Waals surface area contributed by atoms with Crippen molar-refractivity contribution in [2.75, 3.05) is 24.6 Å². The van der Waals surface area contributed by atoms with Crippen LogP contribution in [0.2, 0.25) is 5.02 Å². The number of nitrogens with zero attached hydrogens (tertiary/aromatic N) is 2. The molecule has 2 N–H and O–H groups in total. The molecule has 0 unspecified atom stereocenters. The lowest BCUT2D eigenvalue weighted by atomic mass is 9.95. The number of anilines is 1. The Morgan fingerprint density at radius 3 is 2.50 bits per heavy atom. The number of rotatable bonds is 6. The highest BCUT2D eigenvalue weighted by Crippen LogP contribution is 2.39. The molecule has 1 aliphatic heterocycles. The quantitative estimate of drug-likeness (QED) is 0.583. The van der Waals surface area contributed by atoms with Crippen LogP contribution in [0.25, 0.3) is 10.9 Å². The van der Waals surface area contributed by atoms with Crippen molar-refractivity contribution in [3.05, 3.63) is 53.7 Å². The average molecular weight is 474 g/mol. The lowest BCUT2D eigenvalue weighted by Crippen LogP contribution is -2.39. The molecule has 1 saturated heterocycles. The molecule has 0 saturated carbocycles. The van der Waals surface area contributed by atoms with Gasteiger partial charge in [-0.1, -0.05) is 11.6 Å². The number of piperidine rings is 1. The maximum atomic E-state index is 13.6. The van der Waals surface area contributed by atoms with Crippen LogP contribution in [0.15, 0.2) is 58.5 Å². The van der Waals surface area contributed by atoms with Crippen LogP contribution in [0.5, 0.6) is 5.75 Å². The Bertz CT molecular complexity index is 1250. The Kier molecular flexibility index (Phi) is 6.26. The van der Waals surface area contributed by atoms with E-state index in [4.69, 9.17) is 22.1 Å². The molecule has 1 amide bonds. The van der Waals surface area contributed by atoms with E-state index in [9.17, 15) is 13.2 Å². The number of hydrogen-bond acceptors (Lipinski definition) is 6. The Morgan fingerprint density at radius 2 is 1.88 bits per heavy atom. The Morgan fingerprint density at radius 1 is 1.19 bits per heavy atom. The Labute approximate surface area is 192 Å². The van der Waals surface area contributed by atoms with Gasteiger partial charge in [-0.3, -0.25) is 9.78 Å². The van der Waals surface area contributed by atoms with Gasteiger partial charge in [-0.25, -0.2) is 8.42 Å². The van der Waals surface area contributed by atoms with Crippen LogP contribution in [-0.2, 0) is 14.6 Å². The number of fused-ring (bicyclic) bond motifs is 1. The Balaban J connectivity index is 1.89. The molecule has 32 heavy (non-hydrogen) atoms. The molecule has 1 fully saturated rings. The summed E-state index contributed by atoms with van der Waals surface area (Å²) in [5.41, 5.74) is 6.72. The van der Waals surface area contributed by atoms with Crippen LogP contribution in [0.3, 0.4) is 0 Å². The number of pyridine rings is 1. The van der Waals surface area contributed by atoms with E-state index in [1.54, 1.807) is 12.1 Å². The summed E-state index contributed by atoms with van der Waals surface area (Å²) in [5.74, 6) is 0.0997. The van der Waals surface area contributed by atoms with Crippen molar-refractivity contribution in [3.8, 4) is 5.75 Å². The molecule has 9 heteroatoms. The van der Waals surface area contributed by atoms with E-state index in [2.05, 4.69) is 4.98 Å². The summed E-state index contributed by atoms with van der Waals surface area (Å²) in [5, 5.41) is 1.14. The SMILES string of the molecule is CCOc1ccc2ncc(S(=O)(=O)c3ccc(Cl)cc3)c(N3CCC(C(N)=O)CC3)c2c1. The van der Waals surface area contributed by atoms with Crippen molar-refractivity contribution in [3.63, 3.8) is 0 Å². The van der Waals surface area contributed by atoms with Gasteiger partial charge in [-0.2, -0.15) is 0 Å². The Hall–Kier alpha value is -2.84. The zero-order valence-corrected chi connectivity index (χ0v) is 19.2. The molecule has 2 aromatic carbocycles. The van der Waals surface area contributed by atoms with Crippen LogP contribution in [-0.4, -0.2) is 39.0 Å². The third-order valence-corrected chi connectivity index (χ3v) is 7.74. The summed E-state index contributed by atoms with van der Waals surface area (Å²) in [6.07, 6.45) is 2.53. The molecule has 1 aromatic heterocycles. The molecule has 0 aliphatic carbocycles. The molecule has 0 spiro atoms. The first kappa shape index (κ1) is 22.4. The van der Waals surface area contributed by atoms with E-state index in [1.807, 2.05) is 30.0 Å². The molecule has 2 heterocycles. The van der Waals surface area contributed by atoms with Crippen molar-refractivity contribution >= 4 is 43.9 Å². The minimum atomic E-state index is -3.88. The summed E-state index contributed by atoms with van der Waals surface area (Å²) >= 11 is 5.96. The topological polar surface area (TPSA) is 103 Å². The van der Waals surface area contributed by atoms with Gasteiger partial charge in [0.25, 0.3) is 0 Å². The lowest BCUT2D eigenvalue weighted by Gasteiger charge is -2.34. The summed E-state index contributed by atoms with van der Waals surface area (Å²) in [4.78, 5) is 18.3. The fourth-order valence-electron chi connectivity index (χ4n) is 4.05. The van der Waals surface area contributed by atoms with Gasteiger partial charge in [0.2, 0.25) is 15.7 Å². The van der Waals surface area contributed by atoms with E-state index in [1.165, 1.54) is 18.3 Å². The second-order valence-electron chi connectivity index (χ2n) is 7.70. The number of ether oxygens (including phenoxy) is 1. The summed E-state index contributed by atoms with van der Waals surface area (Å²) in [6.45, 7) is 3.39. The van der Waals surface area contributed by atoms with Gasteiger partial charge in [0.15, 0.2) is 0 Å². The molecule has 1 aliphatic rings. The number of sulfone groups is 1. The number of carbonyl (C=O) groups is 1. The first-order valence-corrected chi connectivity index (χ1v) is 12.3. The van der Waals surface area contributed by atoms with E-state index >= 15 is 0 Å². The predicted octanol–water partition coefficient (Wildman–Crippen LogP) is 3.82. The van der Waals surface area contributed by atoms with Crippen LogP contribution in [0.1, 0.15) is 19.8 Å². The van der Waals surface area contributed by atoms with Gasteiger partial charge in [0, 0.05) is 35.6 Å². The number of halogens is 1. The maximum Gasteiger partial charge on any atom is 0.220 e. The van der Waals surface area contributed by atoms with E-state index < -0.39 is 9.84 Å². The molecular weight excluding hydrogens is 450 g/mol. The largest absolute Gasteiger partial charge is 0.494 e. The van der Waals surface area contributed by atoms with E-state index in [0.29, 0.717) is 59.9 Å². The van der Waals surface area contributed by atoms with Crippen molar-refractivity contribution in [1.82, 2.24) is 4.98 Å². The number of benzene rings is 2. The van der Waals surface area contributed by atoms with Crippen LogP contribution < -0.4 is 15.4 Å². The van der Waals surface area contributed by atoms with Gasteiger partial charge in [-0.05, 0) is 62.2 Å². The van der Waals surface area contributed by atoms with E-state index in [-0.39, 0.29) is 21.6 Å². The molecule has 3 aromatic rings. The molecule has 4 rings (SSSR count). The standard InChI is InChI=1S/C23H24ClN3O4S/c1-2-31-17-5-8-20-19(13-17)22(27-11-9-15(10-12-27)23(25)28)21(14-26-20)32(29,30)18-6-3-16(24)4-7-18/h3-8,13-15H,2,9-12H2,1H3,(H2,25,28). The summed E-state index contributed by atoms with van der Waals surface area (Å²) in [7, 11) is -3.88.